The fourth-order valence-corrected chi connectivity index (χ4v) is 2.43. The fourth-order valence-electron chi connectivity index (χ4n) is 1.96. The van der Waals surface area contributed by atoms with Gasteiger partial charge in [-0.3, -0.25) is 14.9 Å². The highest BCUT2D eigenvalue weighted by atomic mass is 35.5. The zero-order chi connectivity index (χ0) is 17.1. The molecule has 2 aromatic rings. The van der Waals surface area contributed by atoms with Crippen LogP contribution in [-0.2, 0) is 0 Å². The molecule has 120 valence electrons. The Hall–Kier alpha value is -2.18. The van der Waals surface area contributed by atoms with Crippen LogP contribution in [-0.4, -0.2) is 10.8 Å². The normalized spacial score (nSPS) is 11.8. The van der Waals surface area contributed by atoms with Crippen LogP contribution in [0.15, 0.2) is 36.4 Å². The molecule has 8 heteroatoms. The van der Waals surface area contributed by atoms with Crippen LogP contribution >= 0.6 is 23.2 Å². The molecule has 0 aliphatic rings. The molecule has 2 aromatic carbocycles. The Balaban J connectivity index is 2.21. The Bertz CT molecular complexity index is 783. The van der Waals surface area contributed by atoms with E-state index in [0.717, 1.165) is 12.1 Å². The number of halogens is 3. The second-order valence-electron chi connectivity index (χ2n) is 4.79. The summed E-state index contributed by atoms with van der Waals surface area (Å²) in [5.41, 5.74) is 0.392. The minimum atomic E-state index is -0.760. The third-order valence-corrected chi connectivity index (χ3v) is 3.79. The maximum Gasteiger partial charge on any atom is 0.269 e. The van der Waals surface area contributed by atoms with E-state index >= 15 is 0 Å². The highest BCUT2D eigenvalue weighted by Gasteiger charge is 2.18. The SMILES string of the molecule is CC(NC(=O)c1cc(F)c(Cl)cc1Cl)c1cccc([N+](=O)[O-])c1. The minimum Gasteiger partial charge on any atom is -0.345 e. The van der Waals surface area contributed by atoms with Gasteiger partial charge in [0.2, 0.25) is 0 Å². The highest BCUT2D eigenvalue weighted by Crippen LogP contribution is 2.25. The summed E-state index contributed by atoms with van der Waals surface area (Å²) in [6.45, 7) is 1.65. The monoisotopic (exact) mass is 356 g/mol. The summed E-state index contributed by atoms with van der Waals surface area (Å²) in [5, 5.41) is 13.2. The van der Waals surface area contributed by atoms with Crippen molar-refractivity contribution in [2.45, 2.75) is 13.0 Å². The Morgan fingerprint density at radius 3 is 2.61 bits per heavy atom. The second kappa shape index (κ2) is 6.93. The van der Waals surface area contributed by atoms with Crippen molar-refractivity contribution in [2.24, 2.45) is 0 Å². The van der Waals surface area contributed by atoms with Crippen LogP contribution in [0.4, 0.5) is 10.1 Å². The van der Waals surface area contributed by atoms with E-state index in [1.165, 1.54) is 18.2 Å². The smallest absolute Gasteiger partial charge is 0.269 e. The molecule has 2 rings (SSSR count). The maximum absolute atomic E-state index is 13.5. The van der Waals surface area contributed by atoms with Crippen LogP contribution in [0.3, 0.4) is 0 Å². The van der Waals surface area contributed by atoms with Gasteiger partial charge in [0.05, 0.1) is 26.6 Å². The van der Waals surface area contributed by atoms with Crippen molar-refractivity contribution in [3.8, 4) is 0 Å². The summed E-state index contributed by atoms with van der Waals surface area (Å²) in [6.07, 6.45) is 0. The van der Waals surface area contributed by atoms with Gasteiger partial charge in [0, 0.05) is 12.1 Å². The average molecular weight is 357 g/mol. The molecule has 0 fully saturated rings. The van der Waals surface area contributed by atoms with Crippen LogP contribution in [0.25, 0.3) is 0 Å². The molecule has 1 unspecified atom stereocenters. The van der Waals surface area contributed by atoms with E-state index in [9.17, 15) is 19.3 Å². The quantitative estimate of drug-likeness (QED) is 0.496. The zero-order valence-corrected chi connectivity index (χ0v) is 13.4. The van der Waals surface area contributed by atoms with Crippen LogP contribution in [0.5, 0.6) is 0 Å². The first-order chi connectivity index (χ1) is 10.8. The standard InChI is InChI=1S/C15H11Cl2FN2O3/c1-8(9-3-2-4-10(5-9)20(22)23)19-15(21)11-6-14(18)13(17)7-12(11)16/h2-8H,1H3,(H,19,21). The molecule has 0 aliphatic carbocycles. The highest BCUT2D eigenvalue weighted by molar-refractivity contribution is 6.36. The van der Waals surface area contributed by atoms with Crippen molar-refractivity contribution in [3.63, 3.8) is 0 Å². The Labute approximate surface area is 141 Å². The molecule has 1 N–H and O–H groups in total. The summed E-state index contributed by atoms with van der Waals surface area (Å²) in [7, 11) is 0. The number of amides is 1. The van der Waals surface area contributed by atoms with Crippen molar-refractivity contribution in [1.82, 2.24) is 5.32 Å². The minimum absolute atomic E-state index is 0.0140. The third kappa shape index (κ3) is 3.97. The lowest BCUT2D eigenvalue weighted by Gasteiger charge is -2.15. The molecular formula is C15H11Cl2FN2O3. The molecule has 0 heterocycles. The topological polar surface area (TPSA) is 72.2 Å². The largest absolute Gasteiger partial charge is 0.345 e. The number of rotatable bonds is 4. The number of nitro groups is 1. The van der Waals surface area contributed by atoms with Gasteiger partial charge in [-0.05, 0) is 24.6 Å². The third-order valence-electron chi connectivity index (χ3n) is 3.18. The number of benzene rings is 2. The number of carbonyl (C=O) groups is 1. The van der Waals surface area contributed by atoms with Crippen molar-refractivity contribution < 1.29 is 14.1 Å². The number of nitrogens with zero attached hydrogens (tertiary/aromatic N) is 1. The number of hydrogen-bond donors (Lipinski definition) is 1. The first kappa shape index (κ1) is 17.2. The number of non-ortho nitro benzene ring substituents is 1. The first-order valence-electron chi connectivity index (χ1n) is 6.49. The summed E-state index contributed by atoms with van der Waals surface area (Å²) in [5.74, 6) is -1.37. The summed E-state index contributed by atoms with van der Waals surface area (Å²) in [4.78, 5) is 22.4. The van der Waals surface area contributed by atoms with Crippen LogP contribution < -0.4 is 5.32 Å². The van der Waals surface area contributed by atoms with Gasteiger partial charge in [0.1, 0.15) is 5.82 Å². The fraction of sp³-hybridized carbons (Fsp3) is 0.133. The lowest BCUT2D eigenvalue weighted by atomic mass is 10.1. The van der Waals surface area contributed by atoms with Crippen molar-refractivity contribution in [3.05, 3.63) is 73.5 Å². The Kier molecular flexibility index (Phi) is 5.18. The lowest BCUT2D eigenvalue weighted by molar-refractivity contribution is -0.384. The molecule has 0 saturated heterocycles. The molecule has 1 atom stereocenters. The number of nitro benzene ring substituents is 1. The number of hydrogen-bond acceptors (Lipinski definition) is 3. The van der Waals surface area contributed by atoms with E-state index in [0.29, 0.717) is 5.56 Å². The van der Waals surface area contributed by atoms with E-state index in [2.05, 4.69) is 5.32 Å². The summed E-state index contributed by atoms with van der Waals surface area (Å²) >= 11 is 11.5. The van der Waals surface area contributed by atoms with Crippen LogP contribution in [0.1, 0.15) is 28.9 Å². The average Bonchev–Trinajstić information content (AvgIpc) is 2.50. The van der Waals surface area contributed by atoms with Crippen molar-refractivity contribution in [2.75, 3.05) is 0 Å². The van der Waals surface area contributed by atoms with Gasteiger partial charge in [-0.1, -0.05) is 35.3 Å². The molecule has 0 spiro atoms. The van der Waals surface area contributed by atoms with E-state index in [-0.39, 0.29) is 21.3 Å². The van der Waals surface area contributed by atoms with Crippen molar-refractivity contribution in [1.29, 1.82) is 0 Å². The number of carbonyl (C=O) groups excluding carboxylic acids is 1. The van der Waals surface area contributed by atoms with Gasteiger partial charge < -0.3 is 5.32 Å². The van der Waals surface area contributed by atoms with E-state index in [1.807, 2.05) is 0 Å². The molecule has 0 saturated carbocycles. The van der Waals surface area contributed by atoms with E-state index in [4.69, 9.17) is 23.2 Å². The molecule has 0 aliphatic heterocycles. The molecular weight excluding hydrogens is 346 g/mol. The van der Waals surface area contributed by atoms with Crippen molar-refractivity contribution >= 4 is 34.8 Å². The van der Waals surface area contributed by atoms with Gasteiger partial charge in [0.25, 0.3) is 11.6 Å². The Morgan fingerprint density at radius 1 is 1.26 bits per heavy atom. The van der Waals surface area contributed by atoms with E-state index in [1.54, 1.807) is 13.0 Å². The van der Waals surface area contributed by atoms with Crippen LogP contribution in [0.2, 0.25) is 10.0 Å². The summed E-state index contributed by atoms with van der Waals surface area (Å²) in [6, 6.07) is 7.43. The second-order valence-corrected chi connectivity index (χ2v) is 5.61. The molecule has 0 aromatic heterocycles. The number of nitrogens with one attached hydrogen (secondary N) is 1. The van der Waals surface area contributed by atoms with Gasteiger partial charge >= 0.3 is 0 Å². The molecule has 5 nitrogen and oxygen atoms in total. The lowest BCUT2D eigenvalue weighted by Crippen LogP contribution is -2.27. The van der Waals surface area contributed by atoms with E-state index < -0.39 is 22.7 Å². The Morgan fingerprint density at radius 2 is 1.96 bits per heavy atom. The molecule has 0 radical (unpaired) electrons. The summed E-state index contributed by atoms with van der Waals surface area (Å²) < 4.78 is 13.5. The van der Waals surface area contributed by atoms with Crippen LogP contribution in [0, 0.1) is 15.9 Å². The predicted octanol–water partition coefficient (Wildman–Crippen LogP) is 4.53. The zero-order valence-electron chi connectivity index (χ0n) is 11.8. The molecule has 23 heavy (non-hydrogen) atoms. The van der Waals surface area contributed by atoms with Gasteiger partial charge in [-0.2, -0.15) is 0 Å². The maximum atomic E-state index is 13.5. The molecule has 1 amide bonds. The molecule has 0 bridgehead atoms. The first-order valence-corrected chi connectivity index (χ1v) is 7.25. The van der Waals surface area contributed by atoms with Gasteiger partial charge in [-0.15, -0.1) is 0 Å². The predicted molar refractivity (Wildman–Crippen MR) is 85.4 cm³/mol. The van der Waals surface area contributed by atoms with Gasteiger partial charge in [0.15, 0.2) is 0 Å². The van der Waals surface area contributed by atoms with Gasteiger partial charge in [-0.25, -0.2) is 4.39 Å².